The highest BCUT2D eigenvalue weighted by Crippen LogP contribution is 2.30. The first-order valence-electron chi connectivity index (χ1n) is 11.1. The predicted octanol–water partition coefficient (Wildman–Crippen LogP) is 3.68. The number of hydrogen-bond acceptors (Lipinski definition) is 5. The second kappa shape index (κ2) is 11.0. The van der Waals surface area contributed by atoms with Crippen LogP contribution >= 0.6 is 0 Å². The molecule has 1 heterocycles. The molecule has 0 unspecified atom stereocenters. The van der Waals surface area contributed by atoms with E-state index >= 15 is 0 Å². The van der Waals surface area contributed by atoms with Crippen LogP contribution in [0.25, 0.3) is 0 Å². The molecule has 180 valence electrons. The molecule has 2 aromatic carbocycles. The first-order valence-corrected chi connectivity index (χ1v) is 12.6. The smallest absolute Gasteiger partial charge is 0.245 e. The quantitative estimate of drug-likeness (QED) is 0.550. The molecule has 0 radical (unpaired) electrons. The van der Waals surface area contributed by atoms with Crippen LogP contribution in [-0.4, -0.2) is 56.9 Å². The zero-order chi connectivity index (χ0) is 24.0. The van der Waals surface area contributed by atoms with Gasteiger partial charge in [-0.1, -0.05) is 18.2 Å². The van der Waals surface area contributed by atoms with Crippen molar-refractivity contribution < 1.29 is 27.1 Å². The number of nitrogens with zero attached hydrogens (tertiary/aromatic N) is 2. The molecule has 33 heavy (non-hydrogen) atoms. The summed E-state index contributed by atoms with van der Waals surface area (Å²) in [5.74, 6) is 0.222. The molecule has 0 aromatic heterocycles. The van der Waals surface area contributed by atoms with Gasteiger partial charge in [-0.25, -0.2) is 12.8 Å². The third kappa shape index (κ3) is 5.65. The SMILES string of the molecule is CCOc1ccc(CN(CC)C(=O)C2CCN(S(=O)(=O)c3ccccc3F)CC2)cc1OC. The van der Waals surface area contributed by atoms with E-state index in [1.807, 2.05) is 32.0 Å². The summed E-state index contributed by atoms with van der Waals surface area (Å²) in [7, 11) is -2.35. The van der Waals surface area contributed by atoms with Crippen LogP contribution in [0.1, 0.15) is 32.3 Å². The van der Waals surface area contributed by atoms with Crippen LogP contribution in [0.3, 0.4) is 0 Å². The van der Waals surface area contributed by atoms with Crippen LogP contribution in [-0.2, 0) is 21.4 Å². The fraction of sp³-hybridized carbons (Fsp3) is 0.458. The Kier molecular flexibility index (Phi) is 8.31. The van der Waals surface area contributed by atoms with Gasteiger partial charge < -0.3 is 14.4 Å². The molecule has 0 saturated carbocycles. The Morgan fingerprint density at radius 1 is 1.12 bits per heavy atom. The van der Waals surface area contributed by atoms with Crippen LogP contribution in [0.15, 0.2) is 47.4 Å². The fourth-order valence-corrected chi connectivity index (χ4v) is 5.58. The fourth-order valence-electron chi connectivity index (χ4n) is 4.05. The number of amides is 1. The summed E-state index contributed by atoms with van der Waals surface area (Å²) in [6, 6.07) is 11.0. The topological polar surface area (TPSA) is 76.2 Å². The van der Waals surface area contributed by atoms with Gasteiger partial charge in [0, 0.05) is 32.1 Å². The maximum Gasteiger partial charge on any atom is 0.245 e. The van der Waals surface area contributed by atoms with Gasteiger partial charge in [0.1, 0.15) is 10.7 Å². The van der Waals surface area contributed by atoms with Gasteiger partial charge in [0.05, 0.1) is 13.7 Å². The molecule has 1 saturated heterocycles. The largest absolute Gasteiger partial charge is 0.493 e. The Balaban J connectivity index is 1.65. The highest BCUT2D eigenvalue weighted by molar-refractivity contribution is 7.89. The van der Waals surface area contributed by atoms with E-state index in [2.05, 4.69) is 0 Å². The van der Waals surface area contributed by atoms with Crippen molar-refractivity contribution in [2.45, 2.75) is 38.1 Å². The molecule has 7 nitrogen and oxygen atoms in total. The number of benzene rings is 2. The third-order valence-electron chi connectivity index (χ3n) is 5.85. The Bertz CT molecular complexity index is 1070. The number of sulfonamides is 1. The number of ether oxygens (including phenoxy) is 2. The van der Waals surface area contributed by atoms with Crippen LogP contribution in [0.5, 0.6) is 11.5 Å². The number of hydrogen-bond donors (Lipinski definition) is 0. The van der Waals surface area contributed by atoms with E-state index in [-0.39, 0.29) is 29.8 Å². The van der Waals surface area contributed by atoms with Crippen molar-refractivity contribution in [3.8, 4) is 11.5 Å². The summed E-state index contributed by atoms with van der Waals surface area (Å²) < 4.78 is 51.9. The van der Waals surface area contributed by atoms with Gasteiger partial charge in [0.2, 0.25) is 15.9 Å². The number of methoxy groups -OCH3 is 1. The molecule has 0 aliphatic carbocycles. The van der Waals surface area contributed by atoms with Gasteiger partial charge in [-0.15, -0.1) is 0 Å². The number of carbonyl (C=O) groups is 1. The van der Waals surface area contributed by atoms with Gasteiger partial charge in [-0.05, 0) is 56.5 Å². The highest BCUT2D eigenvalue weighted by Gasteiger charge is 2.34. The summed E-state index contributed by atoms with van der Waals surface area (Å²) in [5, 5.41) is 0. The van der Waals surface area contributed by atoms with Crippen molar-refractivity contribution in [3.05, 3.63) is 53.8 Å². The number of piperidine rings is 1. The Morgan fingerprint density at radius 3 is 2.42 bits per heavy atom. The second-order valence-corrected chi connectivity index (χ2v) is 9.79. The molecule has 3 rings (SSSR count). The van der Waals surface area contributed by atoms with Crippen LogP contribution in [0, 0.1) is 11.7 Å². The summed E-state index contributed by atoms with van der Waals surface area (Å²) in [6.45, 7) is 5.66. The molecule has 0 spiro atoms. The minimum atomic E-state index is -3.93. The average molecular weight is 479 g/mol. The second-order valence-electron chi connectivity index (χ2n) is 7.88. The normalized spacial score (nSPS) is 15.3. The summed E-state index contributed by atoms with van der Waals surface area (Å²) in [4.78, 5) is 14.6. The minimum Gasteiger partial charge on any atom is -0.493 e. The summed E-state index contributed by atoms with van der Waals surface area (Å²) in [6.07, 6.45) is 0.797. The van der Waals surface area contributed by atoms with Crippen molar-refractivity contribution in [2.24, 2.45) is 5.92 Å². The maximum absolute atomic E-state index is 14.0. The van der Waals surface area contributed by atoms with Gasteiger partial charge in [0.15, 0.2) is 11.5 Å². The Hall–Kier alpha value is -2.65. The van der Waals surface area contributed by atoms with Crippen LogP contribution in [0.4, 0.5) is 4.39 Å². The minimum absolute atomic E-state index is 0.00621. The first kappa shape index (κ1) is 25.0. The van der Waals surface area contributed by atoms with E-state index in [1.54, 1.807) is 12.0 Å². The maximum atomic E-state index is 14.0. The molecule has 1 amide bonds. The summed E-state index contributed by atoms with van der Waals surface area (Å²) >= 11 is 0. The monoisotopic (exact) mass is 478 g/mol. The van der Waals surface area contributed by atoms with E-state index in [1.165, 1.54) is 22.5 Å². The highest BCUT2D eigenvalue weighted by atomic mass is 32.2. The van der Waals surface area contributed by atoms with E-state index in [0.29, 0.717) is 44.0 Å². The lowest BCUT2D eigenvalue weighted by Crippen LogP contribution is -2.44. The van der Waals surface area contributed by atoms with E-state index < -0.39 is 15.8 Å². The van der Waals surface area contributed by atoms with Crippen molar-refractivity contribution in [3.63, 3.8) is 0 Å². The van der Waals surface area contributed by atoms with E-state index in [4.69, 9.17) is 9.47 Å². The first-order chi connectivity index (χ1) is 15.8. The van der Waals surface area contributed by atoms with Crippen molar-refractivity contribution in [1.29, 1.82) is 0 Å². The van der Waals surface area contributed by atoms with Crippen LogP contribution in [0.2, 0.25) is 0 Å². The molecule has 1 fully saturated rings. The lowest BCUT2D eigenvalue weighted by atomic mass is 9.96. The summed E-state index contributed by atoms with van der Waals surface area (Å²) in [5.41, 5.74) is 0.921. The predicted molar refractivity (Wildman–Crippen MR) is 123 cm³/mol. The molecule has 2 aromatic rings. The molecule has 0 N–H and O–H groups in total. The van der Waals surface area contributed by atoms with Gasteiger partial charge in [-0.2, -0.15) is 4.31 Å². The molecular formula is C24H31FN2O5S. The lowest BCUT2D eigenvalue weighted by molar-refractivity contribution is -0.137. The zero-order valence-corrected chi connectivity index (χ0v) is 20.1. The molecule has 1 aliphatic rings. The standard InChI is InChI=1S/C24H31FN2O5S/c1-4-26(17-18-10-11-21(32-5-2)22(16-18)31-3)24(28)19-12-14-27(15-13-19)33(29,30)23-9-7-6-8-20(23)25/h6-11,16,19H,4-5,12-15,17H2,1-3H3. The third-order valence-corrected chi connectivity index (χ3v) is 7.78. The molecule has 9 heteroatoms. The van der Waals surface area contributed by atoms with Crippen molar-refractivity contribution >= 4 is 15.9 Å². The van der Waals surface area contributed by atoms with Crippen LogP contribution < -0.4 is 9.47 Å². The Labute approximate surface area is 195 Å². The Morgan fingerprint density at radius 2 is 1.82 bits per heavy atom. The number of rotatable bonds is 9. The molecule has 0 atom stereocenters. The average Bonchev–Trinajstić information content (AvgIpc) is 2.83. The van der Waals surface area contributed by atoms with E-state index in [9.17, 15) is 17.6 Å². The molecular weight excluding hydrogens is 447 g/mol. The van der Waals surface area contributed by atoms with Gasteiger partial charge >= 0.3 is 0 Å². The molecule has 1 aliphatic heterocycles. The van der Waals surface area contributed by atoms with Crippen molar-refractivity contribution in [2.75, 3.05) is 33.4 Å². The number of halogens is 1. The van der Waals surface area contributed by atoms with Gasteiger partial charge in [0.25, 0.3) is 0 Å². The number of carbonyl (C=O) groups excluding carboxylic acids is 1. The molecule has 0 bridgehead atoms. The van der Waals surface area contributed by atoms with E-state index in [0.717, 1.165) is 11.6 Å². The van der Waals surface area contributed by atoms with Gasteiger partial charge in [-0.3, -0.25) is 4.79 Å². The zero-order valence-electron chi connectivity index (χ0n) is 19.3. The van der Waals surface area contributed by atoms with Crippen molar-refractivity contribution in [1.82, 2.24) is 9.21 Å². The lowest BCUT2D eigenvalue weighted by Gasteiger charge is -2.33.